The average Bonchev–Trinajstić information content (AvgIpc) is 3.16. The van der Waals surface area contributed by atoms with Gasteiger partial charge >= 0.3 is 6.18 Å². The van der Waals surface area contributed by atoms with Gasteiger partial charge in [0.25, 0.3) is 0 Å². The lowest BCUT2D eigenvalue weighted by atomic mass is 10.1. The molecule has 1 aromatic carbocycles. The molecular weight excluding hydrogens is 428 g/mol. The molecule has 0 aliphatic heterocycles. The van der Waals surface area contributed by atoms with Crippen molar-refractivity contribution in [3.8, 4) is 11.4 Å². The van der Waals surface area contributed by atoms with Crippen LogP contribution in [0.25, 0.3) is 11.4 Å². The second-order valence-corrected chi connectivity index (χ2v) is 8.39. The van der Waals surface area contributed by atoms with Crippen LogP contribution in [0.15, 0.2) is 52.1 Å². The smallest absolute Gasteiger partial charge is 0.337 e. The number of alkyl halides is 3. The number of hydrogen-bond acceptors (Lipinski definition) is 6. The van der Waals surface area contributed by atoms with Crippen molar-refractivity contribution in [2.24, 2.45) is 5.92 Å². The first-order valence-corrected chi connectivity index (χ1v) is 10.1. The minimum Gasteiger partial charge on any atom is -0.337 e. The maximum absolute atomic E-state index is 13.5. The van der Waals surface area contributed by atoms with Crippen molar-refractivity contribution in [3.63, 3.8) is 0 Å². The highest BCUT2D eigenvalue weighted by molar-refractivity contribution is 7.89. The fourth-order valence-electron chi connectivity index (χ4n) is 2.58. The summed E-state index contributed by atoms with van der Waals surface area (Å²) in [7, 11) is -4.46. The molecule has 0 radical (unpaired) electrons. The van der Waals surface area contributed by atoms with E-state index in [1.807, 2.05) is 0 Å². The van der Waals surface area contributed by atoms with E-state index >= 15 is 0 Å². The van der Waals surface area contributed by atoms with Gasteiger partial charge in [-0.05, 0) is 36.2 Å². The molecule has 3 aromatic rings. The highest BCUT2D eigenvalue weighted by Gasteiger charge is 2.36. The fraction of sp³-hybridized carbons (Fsp3) is 0.278. The number of sulfonamides is 1. The molecule has 1 atom stereocenters. The van der Waals surface area contributed by atoms with Gasteiger partial charge in [-0.25, -0.2) is 12.8 Å². The molecular formula is C18H16F4N4O3S. The Hall–Kier alpha value is -2.86. The summed E-state index contributed by atoms with van der Waals surface area (Å²) in [6.07, 6.45) is -2.01. The van der Waals surface area contributed by atoms with Crippen LogP contribution < -0.4 is 4.72 Å². The van der Waals surface area contributed by atoms with Crippen molar-refractivity contribution in [3.05, 3.63) is 60.0 Å². The van der Waals surface area contributed by atoms with Crippen molar-refractivity contribution in [2.75, 3.05) is 0 Å². The minimum absolute atomic E-state index is 0.0708. The summed E-state index contributed by atoms with van der Waals surface area (Å²) in [4.78, 5) is 7.31. The van der Waals surface area contributed by atoms with E-state index in [1.165, 1.54) is 12.4 Å². The predicted octanol–water partition coefficient (Wildman–Crippen LogP) is 3.97. The summed E-state index contributed by atoms with van der Waals surface area (Å²) in [6.45, 7) is 3.32. The molecule has 0 fully saturated rings. The van der Waals surface area contributed by atoms with E-state index in [9.17, 15) is 26.0 Å². The number of benzene rings is 1. The molecule has 30 heavy (non-hydrogen) atoms. The lowest BCUT2D eigenvalue weighted by molar-refractivity contribution is -0.140. The van der Waals surface area contributed by atoms with Crippen molar-refractivity contribution < 1.29 is 30.5 Å². The van der Waals surface area contributed by atoms with Crippen molar-refractivity contribution >= 4 is 10.0 Å². The largest absolute Gasteiger partial charge is 0.419 e. The Labute approximate surface area is 169 Å². The summed E-state index contributed by atoms with van der Waals surface area (Å²) in [6, 6.07) is 3.67. The number of pyridine rings is 1. The van der Waals surface area contributed by atoms with Crippen molar-refractivity contribution in [1.29, 1.82) is 0 Å². The summed E-state index contributed by atoms with van der Waals surface area (Å²) in [5.41, 5.74) is -1.09. The number of halogens is 4. The van der Waals surface area contributed by atoms with Crippen molar-refractivity contribution in [1.82, 2.24) is 19.8 Å². The van der Waals surface area contributed by atoms with Gasteiger partial charge in [0.15, 0.2) is 0 Å². The van der Waals surface area contributed by atoms with Crippen LogP contribution in [-0.4, -0.2) is 23.5 Å². The topological polar surface area (TPSA) is 98.0 Å². The molecule has 0 aliphatic carbocycles. The van der Waals surface area contributed by atoms with Crippen LogP contribution in [-0.2, 0) is 16.2 Å². The van der Waals surface area contributed by atoms with E-state index in [2.05, 4.69) is 19.8 Å². The molecule has 1 N–H and O–H groups in total. The van der Waals surface area contributed by atoms with E-state index in [1.54, 1.807) is 26.0 Å². The van der Waals surface area contributed by atoms with E-state index in [4.69, 9.17) is 4.52 Å². The van der Waals surface area contributed by atoms with Crippen LogP contribution in [0.2, 0.25) is 0 Å². The third kappa shape index (κ3) is 4.65. The van der Waals surface area contributed by atoms with E-state index < -0.39 is 44.4 Å². The van der Waals surface area contributed by atoms with Gasteiger partial charge < -0.3 is 4.52 Å². The first-order chi connectivity index (χ1) is 14.0. The van der Waals surface area contributed by atoms with Gasteiger partial charge in [0.1, 0.15) is 11.9 Å². The Morgan fingerprint density at radius 3 is 2.37 bits per heavy atom. The first-order valence-electron chi connectivity index (χ1n) is 8.62. The second-order valence-electron chi connectivity index (χ2n) is 6.67. The van der Waals surface area contributed by atoms with Gasteiger partial charge in [0.2, 0.25) is 21.7 Å². The molecule has 7 nitrogen and oxygen atoms in total. The van der Waals surface area contributed by atoms with E-state index in [0.29, 0.717) is 11.6 Å². The second kappa shape index (κ2) is 8.11. The van der Waals surface area contributed by atoms with Crippen LogP contribution in [0, 0.1) is 11.7 Å². The maximum atomic E-state index is 13.5. The Morgan fingerprint density at radius 2 is 1.77 bits per heavy atom. The number of nitrogens with one attached hydrogen (secondary N) is 1. The van der Waals surface area contributed by atoms with Gasteiger partial charge in [0, 0.05) is 18.0 Å². The molecule has 0 aliphatic rings. The van der Waals surface area contributed by atoms with Crippen LogP contribution in [0.3, 0.4) is 0 Å². The summed E-state index contributed by atoms with van der Waals surface area (Å²) < 4.78 is 85.1. The normalized spacial score (nSPS) is 13.6. The molecule has 0 amide bonds. The molecule has 0 spiro atoms. The Bertz CT molecular complexity index is 1130. The SMILES string of the molecule is CC(C)C(NS(=O)(=O)c1ccc(F)c(C(F)(F)F)c1)c1nc(-c2ccncc2)no1. The zero-order valence-electron chi connectivity index (χ0n) is 15.7. The number of hydrogen-bond donors (Lipinski definition) is 1. The van der Waals surface area contributed by atoms with E-state index in [0.717, 1.165) is 6.07 Å². The first kappa shape index (κ1) is 21.8. The van der Waals surface area contributed by atoms with Crippen LogP contribution in [0.1, 0.15) is 31.3 Å². The number of aromatic nitrogens is 3. The highest BCUT2D eigenvalue weighted by atomic mass is 32.2. The molecule has 1 unspecified atom stereocenters. The predicted molar refractivity (Wildman–Crippen MR) is 96.8 cm³/mol. The highest BCUT2D eigenvalue weighted by Crippen LogP contribution is 2.33. The van der Waals surface area contributed by atoms with Crippen LogP contribution in [0.5, 0.6) is 0 Å². The zero-order chi connectivity index (χ0) is 22.1. The van der Waals surface area contributed by atoms with Gasteiger partial charge in [-0.15, -0.1) is 0 Å². The Kier molecular flexibility index (Phi) is 5.90. The summed E-state index contributed by atoms with van der Waals surface area (Å²) in [5, 5.41) is 3.80. The Balaban J connectivity index is 1.93. The van der Waals surface area contributed by atoms with Gasteiger partial charge in [-0.3, -0.25) is 4.98 Å². The van der Waals surface area contributed by atoms with E-state index in [-0.39, 0.29) is 17.8 Å². The summed E-state index contributed by atoms with van der Waals surface area (Å²) >= 11 is 0. The van der Waals surface area contributed by atoms with Gasteiger partial charge in [-0.2, -0.15) is 22.9 Å². The Morgan fingerprint density at radius 1 is 1.10 bits per heavy atom. The lowest BCUT2D eigenvalue weighted by Gasteiger charge is -2.19. The standard InChI is InChI=1S/C18H16F4N4O3S/c1-10(2)15(17-24-16(25-29-17)11-5-7-23-8-6-11)26-30(27,28)12-3-4-14(19)13(9-12)18(20,21)22/h3-10,15,26H,1-2H3. The monoisotopic (exact) mass is 444 g/mol. The minimum atomic E-state index is -5.04. The molecule has 3 rings (SSSR count). The number of nitrogens with zero attached hydrogens (tertiary/aromatic N) is 3. The van der Waals surface area contributed by atoms with Gasteiger partial charge in [0.05, 0.1) is 10.5 Å². The molecule has 2 aromatic heterocycles. The summed E-state index contributed by atoms with van der Waals surface area (Å²) in [5.74, 6) is -1.84. The lowest BCUT2D eigenvalue weighted by Crippen LogP contribution is -2.32. The van der Waals surface area contributed by atoms with Gasteiger partial charge in [-0.1, -0.05) is 19.0 Å². The van der Waals surface area contributed by atoms with Crippen molar-refractivity contribution in [2.45, 2.75) is 31.0 Å². The third-order valence-electron chi connectivity index (χ3n) is 4.15. The molecule has 160 valence electrons. The third-order valence-corrected chi connectivity index (χ3v) is 5.59. The average molecular weight is 444 g/mol. The number of rotatable bonds is 6. The molecule has 2 heterocycles. The molecule has 0 saturated heterocycles. The molecule has 0 bridgehead atoms. The molecule has 12 heteroatoms. The quantitative estimate of drug-likeness (QED) is 0.578. The molecule has 0 saturated carbocycles. The zero-order valence-corrected chi connectivity index (χ0v) is 16.5. The fourth-order valence-corrected chi connectivity index (χ4v) is 3.94. The van der Waals surface area contributed by atoms with Crippen LogP contribution in [0.4, 0.5) is 17.6 Å². The van der Waals surface area contributed by atoms with Crippen LogP contribution >= 0.6 is 0 Å². The maximum Gasteiger partial charge on any atom is 0.419 e.